The summed E-state index contributed by atoms with van der Waals surface area (Å²) in [4.78, 5) is 10.9. The van der Waals surface area contributed by atoms with Crippen molar-refractivity contribution in [1.82, 2.24) is 19.7 Å². The highest BCUT2D eigenvalue weighted by molar-refractivity contribution is 9.10. The van der Waals surface area contributed by atoms with E-state index in [1.165, 1.54) is 0 Å². The Morgan fingerprint density at radius 1 is 1.26 bits per heavy atom. The molecule has 0 atom stereocenters. The van der Waals surface area contributed by atoms with Crippen LogP contribution in [0, 0.1) is 0 Å². The fourth-order valence-electron chi connectivity index (χ4n) is 2.37. The van der Waals surface area contributed by atoms with E-state index < -0.39 is 0 Å². The van der Waals surface area contributed by atoms with Gasteiger partial charge >= 0.3 is 0 Å². The number of aromatic nitrogens is 4. The molecule has 7 heteroatoms. The van der Waals surface area contributed by atoms with Crippen LogP contribution < -0.4 is 10.2 Å². The van der Waals surface area contributed by atoms with Crippen LogP contribution in [0.5, 0.6) is 0 Å². The molecular formula is C16H19BrN6. The van der Waals surface area contributed by atoms with Gasteiger partial charge in [0.2, 0.25) is 0 Å². The number of nitrogens with one attached hydrogen (secondary N) is 1. The lowest BCUT2D eigenvalue weighted by Crippen LogP contribution is -2.25. The lowest BCUT2D eigenvalue weighted by molar-refractivity contribution is 0.755. The van der Waals surface area contributed by atoms with Gasteiger partial charge in [-0.1, -0.05) is 6.07 Å². The summed E-state index contributed by atoms with van der Waals surface area (Å²) in [5.74, 6) is 0.735. The van der Waals surface area contributed by atoms with Gasteiger partial charge in [-0.3, -0.25) is 0 Å². The quantitative estimate of drug-likeness (QED) is 0.753. The second kappa shape index (κ2) is 6.16. The van der Waals surface area contributed by atoms with Crippen LogP contribution in [0.4, 0.5) is 17.2 Å². The molecule has 120 valence electrons. The number of benzene rings is 1. The Bertz CT molecular complexity index is 842. The number of anilines is 3. The van der Waals surface area contributed by atoms with E-state index in [0.717, 1.165) is 32.8 Å². The summed E-state index contributed by atoms with van der Waals surface area (Å²) < 4.78 is 2.46. The zero-order valence-electron chi connectivity index (χ0n) is 13.6. The van der Waals surface area contributed by atoms with Gasteiger partial charge in [-0.05, 0) is 48.0 Å². The molecule has 0 aliphatic rings. The number of hydrogen-bond acceptors (Lipinski definition) is 5. The average Bonchev–Trinajstić information content (AvgIpc) is 2.82. The maximum absolute atomic E-state index is 4.37. The molecule has 0 bridgehead atoms. The van der Waals surface area contributed by atoms with Gasteiger partial charge in [0, 0.05) is 31.5 Å². The molecule has 0 fully saturated rings. The van der Waals surface area contributed by atoms with E-state index in [0.29, 0.717) is 6.04 Å². The normalized spacial score (nSPS) is 11.2. The Morgan fingerprint density at radius 2 is 2.04 bits per heavy atom. The number of hydrogen-bond donors (Lipinski definition) is 1. The van der Waals surface area contributed by atoms with Crippen molar-refractivity contribution < 1.29 is 0 Å². The van der Waals surface area contributed by atoms with Crippen molar-refractivity contribution in [2.75, 3.05) is 17.3 Å². The van der Waals surface area contributed by atoms with Crippen LogP contribution in [-0.4, -0.2) is 32.8 Å². The molecule has 3 aromatic rings. The van der Waals surface area contributed by atoms with E-state index in [1.54, 1.807) is 11.0 Å². The van der Waals surface area contributed by atoms with Crippen LogP contribution in [0.15, 0.2) is 35.2 Å². The number of fused-ring (bicyclic) bond motifs is 1. The third kappa shape index (κ3) is 3.01. The highest BCUT2D eigenvalue weighted by Gasteiger charge is 2.14. The summed E-state index contributed by atoms with van der Waals surface area (Å²) in [6.45, 7) is 4.33. The molecule has 1 aromatic carbocycles. The molecule has 0 saturated heterocycles. The molecule has 0 unspecified atom stereocenters. The summed E-state index contributed by atoms with van der Waals surface area (Å²) >= 11 is 3.48. The Morgan fingerprint density at radius 3 is 2.78 bits per heavy atom. The number of aryl methyl sites for hydroxylation is 1. The van der Waals surface area contributed by atoms with E-state index in [9.17, 15) is 0 Å². The number of halogens is 1. The van der Waals surface area contributed by atoms with Crippen LogP contribution in [0.25, 0.3) is 11.0 Å². The van der Waals surface area contributed by atoms with Crippen LogP contribution in [0.3, 0.4) is 0 Å². The zero-order chi connectivity index (χ0) is 16.6. The van der Waals surface area contributed by atoms with Crippen molar-refractivity contribution in [1.29, 1.82) is 0 Å². The van der Waals surface area contributed by atoms with Crippen molar-refractivity contribution in [2.45, 2.75) is 19.9 Å². The van der Waals surface area contributed by atoms with Crippen LogP contribution in [0.1, 0.15) is 13.8 Å². The SMILES string of the molecule is CC(C)N(C)c1cccc(Nc2ncnc3c2c(Br)nn3C)c1. The van der Waals surface area contributed by atoms with Crippen molar-refractivity contribution in [2.24, 2.45) is 7.05 Å². The Hall–Kier alpha value is -2.15. The topological polar surface area (TPSA) is 58.9 Å². The Kier molecular flexibility index (Phi) is 4.21. The average molecular weight is 375 g/mol. The lowest BCUT2D eigenvalue weighted by Gasteiger charge is -2.24. The molecule has 2 heterocycles. The molecule has 0 aliphatic heterocycles. The summed E-state index contributed by atoms with van der Waals surface area (Å²) in [5.41, 5.74) is 2.91. The molecular weight excluding hydrogens is 356 g/mol. The molecule has 0 amide bonds. The first kappa shape index (κ1) is 15.7. The number of rotatable bonds is 4. The van der Waals surface area contributed by atoms with Gasteiger partial charge in [0.1, 0.15) is 16.7 Å². The van der Waals surface area contributed by atoms with Crippen LogP contribution in [-0.2, 0) is 7.05 Å². The van der Waals surface area contributed by atoms with Crippen molar-refractivity contribution in [3.63, 3.8) is 0 Å². The van der Waals surface area contributed by atoms with E-state index >= 15 is 0 Å². The van der Waals surface area contributed by atoms with Crippen LogP contribution in [0.2, 0.25) is 0 Å². The summed E-state index contributed by atoms with van der Waals surface area (Å²) in [5, 5.41) is 8.59. The molecule has 1 N–H and O–H groups in total. The van der Waals surface area contributed by atoms with E-state index in [4.69, 9.17) is 0 Å². The predicted molar refractivity (Wildman–Crippen MR) is 97.3 cm³/mol. The molecule has 3 rings (SSSR count). The van der Waals surface area contributed by atoms with Gasteiger partial charge in [0.05, 0.1) is 5.39 Å². The second-order valence-electron chi connectivity index (χ2n) is 5.72. The van der Waals surface area contributed by atoms with Crippen LogP contribution >= 0.6 is 15.9 Å². The van der Waals surface area contributed by atoms with Gasteiger partial charge in [-0.15, -0.1) is 0 Å². The Balaban J connectivity index is 1.98. The molecule has 2 aromatic heterocycles. The maximum atomic E-state index is 4.37. The minimum atomic E-state index is 0.434. The first-order valence-electron chi connectivity index (χ1n) is 7.40. The first-order valence-corrected chi connectivity index (χ1v) is 8.20. The highest BCUT2D eigenvalue weighted by atomic mass is 79.9. The van der Waals surface area contributed by atoms with Gasteiger partial charge in [0.25, 0.3) is 0 Å². The summed E-state index contributed by atoms with van der Waals surface area (Å²) in [6.07, 6.45) is 1.54. The highest BCUT2D eigenvalue weighted by Crippen LogP contribution is 2.30. The summed E-state index contributed by atoms with van der Waals surface area (Å²) in [7, 11) is 3.95. The van der Waals surface area contributed by atoms with Crippen molar-refractivity contribution in [3.8, 4) is 0 Å². The summed E-state index contributed by atoms with van der Waals surface area (Å²) in [6, 6.07) is 8.70. The van der Waals surface area contributed by atoms with Gasteiger partial charge < -0.3 is 10.2 Å². The molecule has 0 spiro atoms. The molecule has 23 heavy (non-hydrogen) atoms. The molecule has 0 aliphatic carbocycles. The largest absolute Gasteiger partial charge is 0.372 e. The molecule has 6 nitrogen and oxygen atoms in total. The third-order valence-electron chi connectivity index (χ3n) is 3.87. The predicted octanol–water partition coefficient (Wildman–Crippen LogP) is 3.71. The van der Waals surface area contributed by atoms with E-state index in [1.807, 2.05) is 19.2 Å². The van der Waals surface area contributed by atoms with E-state index in [2.05, 4.69) is 74.2 Å². The maximum Gasteiger partial charge on any atom is 0.164 e. The van der Waals surface area contributed by atoms with E-state index in [-0.39, 0.29) is 0 Å². The van der Waals surface area contributed by atoms with Gasteiger partial charge in [-0.25, -0.2) is 14.6 Å². The lowest BCUT2D eigenvalue weighted by atomic mass is 10.2. The van der Waals surface area contributed by atoms with Gasteiger partial charge in [0.15, 0.2) is 5.65 Å². The minimum Gasteiger partial charge on any atom is -0.372 e. The standard InChI is InChI=1S/C16H19BrN6/c1-10(2)22(3)12-7-5-6-11(8-12)20-15-13-14(17)21-23(4)16(13)19-9-18-15/h5-10H,1-4H3,(H,18,19,20). The number of nitrogens with zero attached hydrogens (tertiary/aromatic N) is 5. The fourth-order valence-corrected chi connectivity index (χ4v) is 2.98. The zero-order valence-corrected chi connectivity index (χ0v) is 15.2. The third-order valence-corrected chi connectivity index (χ3v) is 4.42. The van der Waals surface area contributed by atoms with Gasteiger partial charge in [-0.2, -0.15) is 5.10 Å². The van der Waals surface area contributed by atoms with Crippen molar-refractivity contribution >= 4 is 44.2 Å². The first-order chi connectivity index (χ1) is 11.0. The van der Waals surface area contributed by atoms with Crippen molar-refractivity contribution in [3.05, 3.63) is 35.2 Å². The minimum absolute atomic E-state index is 0.434. The molecule has 0 saturated carbocycles. The Labute approximate surface area is 143 Å². The fraction of sp³-hybridized carbons (Fsp3) is 0.312. The smallest absolute Gasteiger partial charge is 0.164 e. The second-order valence-corrected chi connectivity index (χ2v) is 6.47. The molecule has 0 radical (unpaired) electrons. The monoisotopic (exact) mass is 374 g/mol.